The Hall–Kier alpha value is -1.14. The monoisotopic (exact) mass is 232 g/mol. The van der Waals surface area contributed by atoms with Crippen LogP contribution >= 0.6 is 0 Å². The number of carbonyl (C=O) groups is 2. The molecule has 0 radical (unpaired) electrons. The number of carbonyl (C=O) groups excluding carboxylic acids is 2. The average molecular weight is 232 g/mol. The van der Waals surface area contributed by atoms with Gasteiger partial charge in [0, 0.05) is 40.0 Å². The lowest BCUT2D eigenvalue weighted by atomic mass is 10.2. The van der Waals surface area contributed by atoms with E-state index in [4.69, 9.17) is 10.2 Å². The number of rotatable bonds is 7. The molecule has 0 aromatic carbocycles. The molecule has 0 bridgehead atoms. The smallest absolute Gasteiger partial charge is 0.222 e. The number of aliphatic hydroxyl groups is 2. The van der Waals surface area contributed by atoms with Gasteiger partial charge in [0.2, 0.25) is 11.8 Å². The second kappa shape index (κ2) is 8.06. The van der Waals surface area contributed by atoms with Gasteiger partial charge in [-0.3, -0.25) is 9.59 Å². The Bertz CT molecular complexity index is 209. The van der Waals surface area contributed by atoms with E-state index in [0.717, 1.165) is 0 Å². The normalized spacial score (nSPS) is 10.0. The Morgan fingerprint density at radius 3 is 1.44 bits per heavy atom. The van der Waals surface area contributed by atoms with E-state index in [9.17, 15) is 9.59 Å². The van der Waals surface area contributed by atoms with Crippen molar-refractivity contribution in [2.45, 2.75) is 12.8 Å². The molecule has 6 heteroatoms. The van der Waals surface area contributed by atoms with E-state index < -0.39 is 0 Å². The number of amides is 2. The van der Waals surface area contributed by atoms with Crippen molar-refractivity contribution in [3.05, 3.63) is 0 Å². The van der Waals surface area contributed by atoms with E-state index in [-0.39, 0.29) is 51.0 Å². The maximum atomic E-state index is 11.4. The minimum absolute atomic E-state index is 0.0827. The molecule has 0 aliphatic rings. The zero-order valence-electron chi connectivity index (χ0n) is 9.85. The third kappa shape index (κ3) is 5.67. The summed E-state index contributed by atoms with van der Waals surface area (Å²) in [5.74, 6) is -0.334. The minimum atomic E-state index is -0.167. The summed E-state index contributed by atoms with van der Waals surface area (Å²) in [7, 11) is 3.17. The summed E-state index contributed by atoms with van der Waals surface area (Å²) in [4.78, 5) is 25.6. The highest BCUT2D eigenvalue weighted by atomic mass is 16.3. The molecule has 0 aliphatic carbocycles. The van der Waals surface area contributed by atoms with Crippen molar-refractivity contribution in [2.75, 3.05) is 40.4 Å². The molecule has 16 heavy (non-hydrogen) atoms. The Kier molecular flexibility index (Phi) is 7.49. The predicted octanol–water partition coefficient (Wildman–Crippen LogP) is -1.33. The average Bonchev–Trinajstić information content (AvgIpc) is 2.25. The van der Waals surface area contributed by atoms with E-state index in [1.54, 1.807) is 14.1 Å². The van der Waals surface area contributed by atoms with E-state index in [2.05, 4.69) is 0 Å². The van der Waals surface area contributed by atoms with Crippen molar-refractivity contribution in [1.29, 1.82) is 0 Å². The highest BCUT2D eigenvalue weighted by Crippen LogP contribution is 1.99. The van der Waals surface area contributed by atoms with Gasteiger partial charge in [-0.2, -0.15) is 0 Å². The van der Waals surface area contributed by atoms with Crippen molar-refractivity contribution >= 4 is 11.8 Å². The number of nitrogens with zero attached hydrogens (tertiary/aromatic N) is 2. The molecule has 0 rings (SSSR count). The standard InChI is InChI=1S/C10H20N2O4/c1-11(5-7-13)9(15)3-4-10(16)12(2)6-8-14/h13-14H,3-8H2,1-2H3. The second-order valence-electron chi connectivity index (χ2n) is 3.58. The van der Waals surface area contributed by atoms with Crippen molar-refractivity contribution in [3.8, 4) is 0 Å². The molecule has 2 amide bonds. The third-order valence-electron chi connectivity index (χ3n) is 2.28. The largest absolute Gasteiger partial charge is 0.395 e. The Morgan fingerprint density at radius 2 is 1.19 bits per heavy atom. The summed E-state index contributed by atoms with van der Waals surface area (Å²) < 4.78 is 0. The molecule has 0 aromatic heterocycles. The van der Waals surface area contributed by atoms with E-state index in [1.807, 2.05) is 0 Å². The van der Waals surface area contributed by atoms with Crippen LogP contribution in [0.3, 0.4) is 0 Å². The fourth-order valence-electron chi connectivity index (χ4n) is 1.14. The molecule has 94 valence electrons. The number of aliphatic hydroxyl groups excluding tert-OH is 2. The molecule has 0 saturated heterocycles. The summed E-state index contributed by atoms with van der Waals surface area (Å²) in [5.41, 5.74) is 0. The number of likely N-dealkylation sites (N-methyl/N-ethyl adjacent to an activating group) is 2. The highest BCUT2D eigenvalue weighted by Gasteiger charge is 2.13. The highest BCUT2D eigenvalue weighted by molar-refractivity contribution is 5.83. The molecule has 0 saturated carbocycles. The Balaban J connectivity index is 3.87. The Morgan fingerprint density at radius 1 is 0.875 bits per heavy atom. The quantitative estimate of drug-likeness (QED) is 0.570. The fourth-order valence-corrected chi connectivity index (χ4v) is 1.14. The van der Waals surface area contributed by atoms with Crippen molar-refractivity contribution < 1.29 is 19.8 Å². The van der Waals surface area contributed by atoms with Crippen LogP contribution in [0, 0.1) is 0 Å². The molecule has 0 heterocycles. The molecule has 0 atom stereocenters. The van der Waals surface area contributed by atoms with Crippen LogP contribution < -0.4 is 0 Å². The fraction of sp³-hybridized carbons (Fsp3) is 0.800. The molecular formula is C10H20N2O4. The van der Waals surface area contributed by atoms with Crippen LogP contribution in [0.1, 0.15) is 12.8 Å². The van der Waals surface area contributed by atoms with Gasteiger partial charge in [-0.15, -0.1) is 0 Å². The zero-order chi connectivity index (χ0) is 12.6. The van der Waals surface area contributed by atoms with Gasteiger partial charge in [-0.05, 0) is 0 Å². The van der Waals surface area contributed by atoms with Crippen molar-refractivity contribution in [3.63, 3.8) is 0 Å². The Labute approximate surface area is 95.5 Å². The van der Waals surface area contributed by atoms with Gasteiger partial charge in [-0.25, -0.2) is 0 Å². The summed E-state index contributed by atoms with van der Waals surface area (Å²) in [6.45, 7) is 0.389. The molecule has 0 aliphatic heterocycles. The maximum absolute atomic E-state index is 11.4. The summed E-state index contributed by atoms with van der Waals surface area (Å²) in [6, 6.07) is 0. The first-order valence-electron chi connectivity index (χ1n) is 5.22. The topological polar surface area (TPSA) is 81.1 Å². The van der Waals surface area contributed by atoms with Gasteiger partial charge < -0.3 is 20.0 Å². The molecule has 0 aromatic rings. The van der Waals surface area contributed by atoms with Crippen LogP contribution in [0.25, 0.3) is 0 Å². The van der Waals surface area contributed by atoms with Gasteiger partial charge in [0.1, 0.15) is 0 Å². The summed E-state index contributed by atoms with van der Waals surface area (Å²) >= 11 is 0. The SMILES string of the molecule is CN(CCO)C(=O)CCC(=O)N(C)CCO. The van der Waals surface area contributed by atoms with Gasteiger partial charge >= 0.3 is 0 Å². The van der Waals surface area contributed by atoms with Gasteiger partial charge in [0.05, 0.1) is 13.2 Å². The van der Waals surface area contributed by atoms with Crippen LogP contribution in [0.5, 0.6) is 0 Å². The van der Waals surface area contributed by atoms with Crippen LogP contribution in [0.15, 0.2) is 0 Å². The van der Waals surface area contributed by atoms with Gasteiger partial charge in [0.25, 0.3) is 0 Å². The second-order valence-corrected chi connectivity index (χ2v) is 3.58. The maximum Gasteiger partial charge on any atom is 0.222 e. The van der Waals surface area contributed by atoms with Crippen LogP contribution in [0.2, 0.25) is 0 Å². The summed E-state index contributed by atoms with van der Waals surface area (Å²) in [6.07, 6.45) is 0.260. The molecule has 0 fully saturated rings. The first-order chi connectivity index (χ1) is 7.52. The van der Waals surface area contributed by atoms with Crippen molar-refractivity contribution in [2.24, 2.45) is 0 Å². The lowest BCUT2D eigenvalue weighted by molar-refractivity contribution is -0.136. The zero-order valence-corrected chi connectivity index (χ0v) is 9.85. The molecule has 6 nitrogen and oxygen atoms in total. The molecule has 0 spiro atoms. The molecule has 0 unspecified atom stereocenters. The lowest BCUT2D eigenvalue weighted by Crippen LogP contribution is -2.33. The van der Waals surface area contributed by atoms with Gasteiger partial charge in [-0.1, -0.05) is 0 Å². The van der Waals surface area contributed by atoms with E-state index in [0.29, 0.717) is 0 Å². The van der Waals surface area contributed by atoms with Gasteiger partial charge in [0.15, 0.2) is 0 Å². The predicted molar refractivity (Wildman–Crippen MR) is 58.7 cm³/mol. The van der Waals surface area contributed by atoms with Crippen LogP contribution in [-0.2, 0) is 9.59 Å². The molecular weight excluding hydrogens is 212 g/mol. The first-order valence-corrected chi connectivity index (χ1v) is 5.22. The van der Waals surface area contributed by atoms with Crippen LogP contribution in [-0.4, -0.2) is 72.2 Å². The number of hydrogen-bond acceptors (Lipinski definition) is 4. The minimum Gasteiger partial charge on any atom is -0.395 e. The lowest BCUT2D eigenvalue weighted by Gasteiger charge is -2.18. The third-order valence-corrected chi connectivity index (χ3v) is 2.28. The van der Waals surface area contributed by atoms with E-state index >= 15 is 0 Å². The van der Waals surface area contributed by atoms with Crippen LogP contribution in [0.4, 0.5) is 0 Å². The summed E-state index contributed by atoms with van der Waals surface area (Å²) in [5, 5.41) is 17.2. The number of hydrogen-bond donors (Lipinski definition) is 2. The van der Waals surface area contributed by atoms with E-state index in [1.165, 1.54) is 9.80 Å². The first kappa shape index (κ1) is 14.9. The van der Waals surface area contributed by atoms with Crippen molar-refractivity contribution in [1.82, 2.24) is 9.80 Å². The molecule has 2 N–H and O–H groups in total.